The molecule has 1 saturated heterocycles. The first-order valence-corrected chi connectivity index (χ1v) is 13.7. The third kappa shape index (κ3) is 6.55. The molecule has 196 valence electrons. The van der Waals surface area contributed by atoms with E-state index in [0.29, 0.717) is 23.0 Å². The van der Waals surface area contributed by atoms with Crippen LogP contribution in [0, 0.1) is 0 Å². The molecule has 0 bridgehead atoms. The molecule has 4 rings (SSSR count). The topological polar surface area (TPSA) is 77.4 Å². The number of carbonyl (C=O) groups is 2. The predicted molar refractivity (Wildman–Crippen MR) is 147 cm³/mol. The zero-order valence-electron chi connectivity index (χ0n) is 21.7. The molecule has 2 aromatic carbocycles. The van der Waals surface area contributed by atoms with E-state index < -0.39 is 5.97 Å². The van der Waals surface area contributed by atoms with Crippen molar-refractivity contribution in [3.8, 4) is 11.5 Å². The van der Waals surface area contributed by atoms with Crippen LogP contribution in [-0.2, 0) is 20.7 Å². The van der Waals surface area contributed by atoms with E-state index in [-0.39, 0.29) is 18.6 Å². The Bertz CT molecular complexity index is 1190. The highest BCUT2D eigenvalue weighted by Crippen LogP contribution is 2.39. The second kappa shape index (κ2) is 12.8. The smallest absolute Gasteiger partial charge is 0.344 e. The summed E-state index contributed by atoms with van der Waals surface area (Å²) in [5, 5.41) is 0.741. The number of carbonyl (C=O) groups excluding carboxylic acids is 2. The van der Waals surface area contributed by atoms with Crippen LogP contribution in [0.15, 0.2) is 52.4 Å². The second-order valence-electron chi connectivity index (χ2n) is 8.96. The molecule has 1 saturated carbocycles. The molecule has 0 N–H and O–H groups in total. The fraction of sp³-hybridized carbons (Fsp3) is 0.414. The SMILES string of the molecule is CCOC(=O)COc1ccc(/C=C2/SC(=Nc3ccccc3CC)N(C3CCCCC3)C2=O)cc1OC. The number of hydrogen-bond acceptors (Lipinski definition) is 7. The van der Waals surface area contributed by atoms with Crippen molar-refractivity contribution in [2.45, 2.75) is 58.4 Å². The first-order valence-electron chi connectivity index (χ1n) is 12.9. The number of ether oxygens (including phenoxy) is 3. The molecular formula is C29H34N2O5S. The van der Waals surface area contributed by atoms with E-state index in [1.807, 2.05) is 35.2 Å². The van der Waals surface area contributed by atoms with Crippen LogP contribution < -0.4 is 9.47 Å². The Kier molecular flexibility index (Phi) is 9.28. The molecule has 0 spiro atoms. The summed E-state index contributed by atoms with van der Waals surface area (Å²) in [6.07, 6.45) is 8.20. The Morgan fingerprint density at radius 2 is 1.89 bits per heavy atom. The lowest BCUT2D eigenvalue weighted by atomic mass is 9.94. The van der Waals surface area contributed by atoms with Gasteiger partial charge in [0.15, 0.2) is 23.3 Å². The fourth-order valence-electron chi connectivity index (χ4n) is 4.63. The minimum absolute atomic E-state index is 0.00812. The highest BCUT2D eigenvalue weighted by atomic mass is 32.2. The molecule has 1 amide bonds. The molecule has 1 aliphatic carbocycles. The van der Waals surface area contributed by atoms with Crippen molar-refractivity contribution >= 4 is 40.6 Å². The molecule has 37 heavy (non-hydrogen) atoms. The minimum atomic E-state index is -0.442. The number of hydrogen-bond donors (Lipinski definition) is 0. The second-order valence-corrected chi connectivity index (χ2v) is 9.97. The van der Waals surface area contributed by atoms with Crippen LogP contribution in [0.3, 0.4) is 0 Å². The lowest BCUT2D eigenvalue weighted by molar-refractivity contribution is -0.145. The zero-order chi connectivity index (χ0) is 26.2. The largest absolute Gasteiger partial charge is 0.493 e. The highest BCUT2D eigenvalue weighted by molar-refractivity contribution is 8.18. The van der Waals surface area contributed by atoms with Gasteiger partial charge in [0.05, 0.1) is 24.3 Å². The van der Waals surface area contributed by atoms with Crippen molar-refractivity contribution in [2.24, 2.45) is 4.99 Å². The Morgan fingerprint density at radius 1 is 1.11 bits per heavy atom. The van der Waals surface area contributed by atoms with E-state index in [1.54, 1.807) is 26.2 Å². The fourth-order valence-corrected chi connectivity index (χ4v) is 5.68. The number of nitrogens with zero attached hydrogens (tertiary/aromatic N) is 2. The Balaban J connectivity index is 1.62. The number of esters is 1. The summed E-state index contributed by atoms with van der Waals surface area (Å²) in [6.45, 7) is 3.96. The average molecular weight is 523 g/mol. The first kappa shape index (κ1) is 26.8. The van der Waals surface area contributed by atoms with E-state index in [1.165, 1.54) is 18.2 Å². The van der Waals surface area contributed by atoms with Crippen molar-refractivity contribution in [2.75, 3.05) is 20.3 Å². The number of aliphatic imine (C=N–C) groups is 1. The standard InChI is InChI=1S/C29H34N2O5S/c1-4-21-11-9-10-14-23(21)30-29-31(22-12-7-6-8-13-22)28(33)26(37-29)18-20-15-16-24(25(17-20)34-3)36-19-27(32)35-5-2/h9-11,14-18,22H,4-8,12-13,19H2,1-3H3/b26-18+,30-29?. The van der Waals surface area contributed by atoms with Gasteiger partial charge in [0.2, 0.25) is 0 Å². The zero-order valence-corrected chi connectivity index (χ0v) is 22.5. The van der Waals surface area contributed by atoms with Gasteiger partial charge >= 0.3 is 5.97 Å². The molecule has 0 atom stereocenters. The number of amides is 1. The molecule has 1 heterocycles. The molecule has 2 fully saturated rings. The normalized spacial score (nSPS) is 18.5. The molecule has 1 aliphatic heterocycles. The van der Waals surface area contributed by atoms with E-state index in [9.17, 15) is 9.59 Å². The molecule has 2 aromatic rings. The number of methoxy groups -OCH3 is 1. The van der Waals surface area contributed by atoms with Crippen molar-refractivity contribution in [1.82, 2.24) is 4.90 Å². The summed E-state index contributed by atoms with van der Waals surface area (Å²) in [7, 11) is 1.54. The molecule has 0 radical (unpaired) electrons. The van der Waals surface area contributed by atoms with Crippen LogP contribution in [0.25, 0.3) is 6.08 Å². The van der Waals surface area contributed by atoms with Crippen molar-refractivity contribution in [3.05, 3.63) is 58.5 Å². The number of thioether (sulfide) groups is 1. The highest BCUT2D eigenvalue weighted by Gasteiger charge is 2.38. The first-order chi connectivity index (χ1) is 18.0. The van der Waals surface area contributed by atoms with Gasteiger partial charge in [-0.3, -0.25) is 9.69 Å². The van der Waals surface area contributed by atoms with Gasteiger partial charge in [0, 0.05) is 6.04 Å². The van der Waals surface area contributed by atoms with Crippen molar-refractivity contribution in [1.29, 1.82) is 0 Å². The maximum atomic E-state index is 13.7. The maximum absolute atomic E-state index is 13.7. The van der Waals surface area contributed by atoms with Gasteiger partial charge in [0.25, 0.3) is 5.91 Å². The van der Waals surface area contributed by atoms with Crippen LogP contribution in [0.5, 0.6) is 11.5 Å². The van der Waals surface area contributed by atoms with Crippen LogP contribution in [0.4, 0.5) is 5.69 Å². The summed E-state index contributed by atoms with van der Waals surface area (Å²) in [5.74, 6) is 0.462. The Labute approximate surface area is 222 Å². The Morgan fingerprint density at radius 3 is 2.62 bits per heavy atom. The van der Waals surface area contributed by atoms with Crippen LogP contribution in [-0.4, -0.2) is 48.3 Å². The maximum Gasteiger partial charge on any atom is 0.344 e. The Hall–Kier alpha value is -3.26. The molecule has 7 nitrogen and oxygen atoms in total. The minimum Gasteiger partial charge on any atom is -0.493 e. The van der Waals surface area contributed by atoms with Crippen LogP contribution >= 0.6 is 11.8 Å². The molecule has 8 heteroatoms. The van der Waals surface area contributed by atoms with E-state index in [4.69, 9.17) is 19.2 Å². The third-order valence-corrected chi connectivity index (χ3v) is 7.48. The van der Waals surface area contributed by atoms with Gasteiger partial charge < -0.3 is 14.2 Å². The van der Waals surface area contributed by atoms with Gasteiger partial charge in [0.1, 0.15) is 0 Å². The van der Waals surface area contributed by atoms with E-state index >= 15 is 0 Å². The summed E-state index contributed by atoms with van der Waals surface area (Å²) in [4.78, 5) is 32.9. The predicted octanol–water partition coefficient (Wildman–Crippen LogP) is 6.14. The molecule has 0 unspecified atom stereocenters. The number of para-hydroxylation sites is 1. The lowest BCUT2D eigenvalue weighted by Gasteiger charge is -2.30. The van der Waals surface area contributed by atoms with Gasteiger partial charge in [-0.05, 0) is 73.4 Å². The molecule has 0 aromatic heterocycles. The average Bonchev–Trinajstić information content (AvgIpc) is 3.22. The van der Waals surface area contributed by atoms with Crippen LogP contribution in [0.2, 0.25) is 0 Å². The van der Waals surface area contributed by atoms with Gasteiger partial charge in [-0.2, -0.15) is 0 Å². The van der Waals surface area contributed by atoms with Gasteiger partial charge in [-0.25, -0.2) is 9.79 Å². The summed E-state index contributed by atoms with van der Waals surface area (Å²) >= 11 is 1.42. The lowest BCUT2D eigenvalue weighted by Crippen LogP contribution is -2.40. The number of benzene rings is 2. The van der Waals surface area contributed by atoms with Gasteiger partial charge in [-0.1, -0.05) is 50.5 Å². The number of rotatable bonds is 9. The molecular weight excluding hydrogens is 488 g/mol. The number of amidine groups is 1. The van der Waals surface area contributed by atoms with Crippen molar-refractivity contribution < 1.29 is 23.8 Å². The monoisotopic (exact) mass is 522 g/mol. The number of aryl methyl sites for hydroxylation is 1. The van der Waals surface area contributed by atoms with E-state index in [0.717, 1.165) is 54.1 Å². The van der Waals surface area contributed by atoms with E-state index in [2.05, 4.69) is 13.0 Å². The van der Waals surface area contributed by atoms with Crippen molar-refractivity contribution in [3.63, 3.8) is 0 Å². The van der Waals surface area contributed by atoms with Gasteiger partial charge in [-0.15, -0.1) is 0 Å². The molecule has 2 aliphatic rings. The summed E-state index contributed by atoms with van der Waals surface area (Å²) < 4.78 is 16.0. The quantitative estimate of drug-likeness (QED) is 0.291. The third-order valence-electron chi connectivity index (χ3n) is 6.50. The summed E-state index contributed by atoms with van der Waals surface area (Å²) in [6, 6.07) is 13.6. The van der Waals surface area contributed by atoms with Crippen LogP contribution in [0.1, 0.15) is 57.1 Å². The summed E-state index contributed by atoms with van der Waals surface area (Å²) in [5.41, 5.74) is 2.87.